The molecule has 0 unspecified atom stereocenters. The van der Waals surface area contributed by atoms with Crippen molar-refractivity contribution in [2.24, 2.45) is 0 Å². The van der Waals surface area contributed by atoms with Crippen molar-refractivity contribution < 1.29 is 4.74 Å². The Bertz CT molecular complexity index is 323. The van der Waals surface area contributed by atoms with Gasteiger partial charge in [-0.05, 0) is 25.5 Å². The van der Waals surface area contributed by atoms with Crippen LogP contribution in [-0.2, 0) is 11.3 Å². The van der Waals surface area contributed by atoms with Crippen molar-refractivity contribution >= 4 is 0 Å². The molecule has 0 aromatic heterocycles. The topological polar surface area (TPSA) is 24.5 Å². The summed E-state index contributed by atoms with van der Waals surface area (Å²) in [5, 5.41) is 3.50. The van der Waals surface area contributed by atoms with Gasteiger partial charge in [0.1, 0.15) is 0 Å². The molecule has 1 aliphatic rings. The Morgan fingerprint density at radius 2 is 1.94 bits per heavy atom. The van der Waals surface area contributed by atoms with E-state index >= 15 is 0 Å². The van der Waals surface area contributed by atoms with Crippen molar-refractivity contribution in [3.05, 3.63) is 35.9 Å². The van der Waals surface area contributed by atoms with Gasteiger partial charge in [-0.25, -0.2) is 0 Å². The van der Waals surface area contributed by atoms with Gasteiger partial charge in [0.05, 0.1) is 0 Å². The van der Waals surface area contributed by atoms with Gasteiger partial charge in [-0.15, -0.1) is 0 Å². The van der Waals surface area contributed by atoms with E-state index in [1.165, 1.54) is 18.4 Å². The molecule has 0 saturated carbocycles. The molecule has 1 N–H and O–H groups in total. The van der Waals surface area contributed by atoms with Crippen LogP contribution in [-0.4, -0.2) is 44.3 Å². The molecule has 1 heterocycles. The Hall–Kier alpha value is -0.900. The second kappa shape index (κ2) is 7.52. The van der Waals surface area contributed by atoms with Gasteiger partial charge in [-0.3, -0.25) is 0 Å². The molecule has 1 aromatic rings. The summed E-state index contributed by atoms with van der Waals surface area (Å²) in [5.41, 5.74) is 1.35. The number of hydrogen-bond acceptors (Lipinski definition) is 3. The smallest absolute Gasteiger partial charge is 0.0480 e. The molecule has 3 nitrogen and oxygen atoms in total. The van der Waals surface area contributed by atoms with Crippen LogP contribution in [0.2, 0.25) is 0 Å². The SMILES string of the molecule is CN(CCNCc1ccccc1)C1CCOCC1. The number of likely N-dealkylation sites (N-methyl/N-ethyl adjacent to an activating group) is 1. The van der Waals surface area contributed by atoms with Gasteiger partial charge in [0, 0.05) is 38.9 Å². The first-order valence-electron chi connectivity index (χ1n) is 6.89. The van der Waals surface area contributed by atoms with E-state index in [0.717, 1.165) is 32.8 Å². The van der Waals surface area contributed by atoms with Crippen molar-refractivity contribution in [2.45, 2.75) is 25.4 Å². The summed E-state index contributed by atoms with van der Waals surface area (Å²) >= 11 is 0. The van der Waals surface area contributed by atoms with Gasteiger partial charge >= 0.3 is 0 Å². The molecule has 0 aliphatic carbocycles. The predicted molar refractivity (Wildman–Crippen MR) is 74.6 cm³/mol. The van der Waals surface area contributed by atoms with Crippen LogP contribution >= 0.6 is 0 Å². The second-order valence-corrected chi connectivity index (χ2v) is 4.99. The highest BCUT2D eigenvalue weighted by atomic mass is 16.5. The highest BCUT2D eigenvalue weighted by Crippen LogP contribution is 2.11. The van der Waals surface area contributed by atoms with Crippen molar-refractivity contribution in [3.63, 3.8) is 0 Å². The molecular weight excluding hydrogens is 224 g/mol. The average molecular weight is 248 g/mol. The molecule has 2 rings (SSSR count). The molecule has 3 heteroatoms. The molecule has 1 aliphatic heterocycles. The minimum atomic E-state index is 0.706. The monoisotopic (exact) mass is 248 g/mol. The van der Waals surface area contributed by atoms with Crippen LogP contribution in [0.25, 0.3) is 0 Å². The molecule has 1 aromatic carbocycles. The molecule has 0 atom stereocenters. The van der Waals surface area contributed by atoms with Crippen LogP contribution in [0.1, 0.15) is 18.4 Å². The Balaban J connectivity index is 1.60. The van der Waals surface area contributed by atoms with Crippen LogP contribution < -0.4 is 5.32 Å². The van der Waals surface area contributed by atoms with Crippen LogP contribution in [0.3, 0.4) is 0 Å². The molecule has 0 bridgehead atoms. The fourth-order valence-corrected chi connectivity index (χ4v) is 2.39. The number of nitrogens with one attached hydrogen (secondary N) is 1. The average Bonchev–Trinajstić information content (AvgIpc) is 2.45. The second-order valence-electron chi connectivity index (χ2n) is 4.99. The third kappa shape index (κ3) is 4.41. The third-order valence-corrected chi connectivity index (χ3v) is 3.63. The number of hydrogen-bond donors (Lipinski definition) is 1. The van der Waals surface area contributed by atoms with E-state index < -0.39 is 0 Å². The van der Waals surface area contributed by atoms with Gasteiger partial charge in [0.25, 0.3) is 0 Å². The molecule has 1 saturated heterocycles. The molecule has 0 spiro atoms. The maximum absolute atomic E-state index is 5.39. The largest absolute Gasteiger partial charge is 0.381 e. The maximum Gasteiger partial charge on any atom is 0.0480 e. The number of rotatable bonds is 6. The Morgan fingerprint density at radius 3 is 2.67 bits per heavy atom. The zero-order chi connectivity index (χ0) is 12.6. The maximum atomic E-state index is 5.39. The molecule has 0 radical (unpaired) electrons. The van der Waals surface area contributed by atoms with Gasteiger partial charge in [-0.1, -0.05) is 30.3 Å². The standard InChI is InChI=1S/C15H24N2O/c1-17(15-7-11-18-12-8-15)10-9-16-13-14-5-3-2-4-6-14/h2-6,15-16H,7-13H2,1H3. The summed E-state index contributed by atoms with van der Waals surface area (Å²) in [6.07, 6.45) is 2.35. The Labute approximate surface area is 110 Å². The molecular formula is C15H24N2O. The summed E-state index contributed by atoms with van der Waals surface area (Å²) in [6, 6.07) is 11.3. The highest BCUT2D eigenvalue weighted by Gasteiger charge is 2.17. The quantitative estimate of drug-likeness (QED) is 0.778. The van der Waals surface area contributed by atoms with Gasteiger partial charge < -0.3 is 15.0 Å². The van der Waals surface area contributed by atoms with Gasteiger partial charge in [-0.2, -0.15) is 0 Å². The summed E-state index contributed by atoms with van der Waals surface area (Å²) in [5.74, 6) is 0. The molecule has 1 fully saturated rings. The number of nitrogens with zero attached hydrogens (tertiary/aromatic N) is 1. The van der Waals surface area contributed by atoms with Crippen molar-refractivity contribution in [3.8, 4) is 0 Å². The minimum absolute atomic E-state index is 0.706. The Kier molecular flexibility index (Phi) is 5.65. The lowest BCUT2D eigenvalue weighted by Crippen LogP contribution is -2.40. The third-order valence-electron chi connectivity index (χ3n) is 3.63. The lowest BCUT2D eigenvalue weighted by atomic mass is 10.1. The van der Waals surface area contributed by atoms with Crippen molar-refractivity contribution in [2.75, 3.05) is 33.4 Å². The van der Waals surface area contributed by atoms with Crippen LogP contribution in [0.4, 0.5) is 0 Å². The first-order chi connectivity index (χ1) is 8.86. The number of benzene rings is 1. The van der Waals surface area contributed by atoms with Crippen molar-refractivity contribution in [1.29, 1.82) is 0 Å². The van der Waals surface area contributed by atoms with Crippen LogP contribution in [0.5, 0.6) is 0 Å². The van der Waals surface area contributed by atoms with Gasteiger partial charge in [0.15, 0.2) is 0 Å². The van der Waals surface area contributed by atoms with Crippen LogP contribution in [0, 0.1) is 0 Å². The zero-order valence-corrected chi connectivity index (χ0v) is 11.3. The lowest BCUT2D eigenvalue weighted by molar-refractivity contribution is 0.0434. The summed E-state index contributed by atoms with van der Waals surface area (Å²) in [4.78, 5) is 2.46. The molecule has 0 amide bonds. The Morgan fingerprint density at radius 1 is 1.22 bits per heavy atom. The molecule has 18 heavy (non-hydrogen) atoms. The predicted octanol–water partition coefficient (Wildman–Crippen LogP) is 1.89. The summed E-state index contributed by atoms with van der Waals surface area (Å²) < 4.78 is 5.39. The van der Waals surface area contributed by atoms with E-state index in [1.807, 2.05) is 0 Å². The van der Waals surface area contributed by atoms with Gasteiger partial charge in [0.2, 0.25) is 0 Å². The van der Waals surface area contributed by atoms with E-state index in [2.05, 4.69) is 47.6 Å². The first-order valence-corrected chi connectivity index (χ1v) is 6.89. The highest BCUT2D eigenvalue weighted by molar-refractivity contribution is 5.14. The zero-order valence-electron chi connectivity index (χ0n) is 11.3. The summed E-state index contributed by atoms with van der Waals surface area (Å²) in [6.45, 7) is 4.96. The van der Waals surface area contributed by atoms with Crippen molar-refractivity contribution in [1.82, 2.24) is 10.2 Å². The van der Waals surface area contributed by atoms with E-state index in [9.17, 15) is 0 Å². The van der Waals surface area contributed by atoms with E-state index in [-0.39, 0.29) is 0 Å². The fourth-order valence-electron chi connectivity index (χ4n) is 2.39. The summed E-state index contributed by atoms with van der Waals surface area (Å²) in [7, 11) is 2.22. The van der Waals surface area contributed by atoms with E-state index in [4.69, 9.17) is 4.74 Å². The fraction of sp³-hybridized carbons (Fsp3) is 0.600. The van der Waals surface area contributed by atoms with E-state index in [1.54, 1.807) is 0 Å². The lowest BCUT2D eigenvalue weighted by Gasteiger charge is -2.31. The first kappa shape index (κ1) is 13.5. The normalized spacial score (nSPS) is 17.2. The van der Waals surface area contributed by atoms with E-state index in [0.29, 0.717) is 6.04 Å². The minimum Gasteiger partial charge on any atom is -0.381 e. The number of ether oxygens (including phenoxy) is 1. The molecule has 100 valence electrons. The van der Waals surface area contributed by atoms with Crippen LogP contribution in [0.15, 0.2) is 30.3 Å².